The van der Waals surface area contributed by atoms with E-state index in [9.17, 15) is 41.1 Å². The fraction of sp³-hybridized carbons (Fsp3) is 0.0625. The molecule has 0 radical (unpaired) electrons. The highest BCUT2D eigenvalue weighted by Crippen LogP contribution is 2.53. The number of hydrogen-bond donors (Lipinski definition) is 0. The summed E-state index contributed by atoms with van der Waals surface area (Å²) in [5, 5.41) is 0.559. The summed E-state index contributed by atoms with van der Waals surface area (Å²) >= 11 is 27.1. The lowest BCUT2D eigenvalue weighted by Gasteiger charge is -2.30. The number of amides is 2. The maximum atomic E-state index is 14.9. The van der Waals surface area contributed by atoms with E-state index >= 15 is 0 Å². The van der Waals surface area contributed by atoms with Gasteiger partial charge in [0.05, 0.1) is 11.1 Å². The number of benzene rings is 6. The van der Waals surface area contributed by atoms with Crippen LogP contribution in [0.15, 0.2) is 24.3 Å². The molecule has 14 heteroatoms. The average Bonchev–Trinajstić information content (AvgIpc) is 3.00. The molecular formula is C32H10Cl4F5NO4. The normalized spacial score (nSPS) is 13.3. The zero-order chi connectivity index (χ0) is 33.4. The quantitative estimate of drug-likeness (QED) is 0.0349. The third-order valence-electron chi connectivity index (χ3n) is 8.15. The van der Waals surface area contributed by atoms with Crippen molar-refractivity contribution in [3.05, 3.63) is 95.7 Å². The monoisotopic (exact) mass is 707 g/mol. The fourth-order valence-corrected chi connectivity index (χ4v) is 7.53. The lowest BCUT2D eigenvalue weighted by atomic mass is 9.82. The van der Waals surface area contributed by atoms with Crippen molar-refractivity contribution in [1.82, 2.24) is 0 Å². The molecule has 2 amide bonds. The van der Waals surface area contributed by atoms with E-state index in [0.29, 0.717) is 0 Å². The fourth-order valence-electron chi connectivity index (χ4n) is 6.34. The Morgan fingerprint density at radius 1 is 0.500 bits per heavy atom. The van der Waals surface area contributed by atoms with E-state index in [-0.39, 0.29) is 79.2 Å². The van der Waals surface area contributed by atoms with Crippen molar-refractivity contribution in [3.8, 4) is 0 Å². The highest BCUT2D eigenvalue weighted by Gasteiger charge is 2.42. The summed E-state index contributed by atoms with van der Waals surface area (Å²) in [6.45, 7) is 2.56. The Balaban J connectivity index is 1.72. The standard InChI is InChI=1S/C32H10Cl4F5NO4/c1-7(43)9-3-13(33)19-21-15(35)5-11-18-12(32(46)42(31(11)45)30-28(40)26(38)25(37)27(39)29(30)41)6-16(36)22(24(18)21)20-14(34)4-10(8(2)44)17(9)23(19)20/h3-6H,1-2H3. The van der Waals surface area contributed by atoms with Crippen LogP contribution < -0.4 is 4.90 Å². The third-order valence-corrected chi connectivity index (χ3v) is 9.35. The number of fused-ring (bicyclic) bond motifs is 2. The molecule has 0 saturated carbocycles. The molecule has 1 heterocycles. The molecule has 1 aliphatic heterocycles. The molecule has 0 saturated heterocycles. The Bertz CT molecular complexity index is 2380. The molecule has 0 N–H and O–H groups in total. The molecule has 7 rings (SSSR count). The Kier molecular flexibility index (Phi) is 6.61. The molecule has 0 aliphatic carbocycles. The van der Waals surface area contributed by atoms with E-state index in [1.165, 1.54) is 26.0 Å². The van der Waals surface area contributed by atoms with Crippen molar-refractivity contribution < 1.29 is 41.1 Å². The summed E-state index contributed by atoms with van der Waals surface area (Å²) in [5.74, 6) is -15.8. The molecule has 6 aromatic carbocycles. The number of ketones is 2. The zero-order valence-corrected chi connectivity index (χ0v) is 25.8. The number of anilines is 1. The largest absolute Gasteiger partial charge is 0.294 e. The first-order valence-corrected chi connectivity index (χ1v) is 14.5. The van der Waals surface area contributed by atoms with Gasteiger partial charge in [-0.25, -0.2) is 26.9 Å². The van der Waals surface area contributed by atoms with Gasteiger partial charge < -0.3 is 0 Å². The van der Waals surface area contributed by atoms with Gasteiger partial charge in [0.1, 0.15) is 5.69 Å². The molecule has 6 aromatic rings. The Morgan fingerprint density at radius 2 is 0.826 bits per heavy atom. The molecule has 1 aliphatic rings. The topological polar surface area (TPSA) is 71.5 Å². The number of rotatable bonds is 3. The zero-order valence-electron chi connectivity index (χ0n) is 22.8. The van der Waals surface area contributed by atoms with Crippen LogP contribution in [-0.2, 0) is 0 Å². The van der Waals surface area contributed by atoms with Gasteiger partial charge in [0.2, 0.25) is 5.82 Å². The van der Waals surface area contributed by atoms with E-state index in [0.717, 1.165) is 12.1 Å². The third kappa shape index (κ3) is 3.69. The number of nitrogens with zero attached hydrogens (tertiary/aromatic N) is 1. The molecule has 0 aromatic heterocycles. The number of carbonyl (C=O) groups is 4. The lowest BCUT2D eigenvalue weighted by Crippen LogP contribution is -2.42. The SMILES string of the molecule is CC(=O)c1cc(Cl)c2c3c(Cl)cc4c5c(cc(Cl)c(c6c(Cl)cc(C(C)=O)c1c26)c53)C(=O)N(c1c(F)c(F)c(F)c(F)c1F)C4=O. The van der Waals surface area contributed by atoms with Gasteiger partial charge in [-0.3, -0.25) is 19.2 Å². The van der Waals surface area contributed by atoms with Crippen LogP contribution in [0.3, 0.4) is 0 Å². The molecule has 0 unspecified atom stereocenters. The molecule has 230 valence electrons. The second-order valence-electron chi connectivity index (χ2n) is 10.6. The van der Waals surface area contributed by atoms with Gasteiger partial charge >= 0.3 is 0 Å². The summed E-state index contributed by atoms with van der Waals surface area (Å²) in [6.07, 6.45) is 0. The minimum absolute atomic E-state index is 0.0170. The molecule has 46 heavy (non-hydrogen) atoms. The van der Waals surface area contributed by atoms with Crippen molar-refractivity contribution in [2.24, 2.45) is 0 Å². The van der Waals surface area contributed by atoms with E-state index in [1.807, 2.05) is 0 Å². The number of imide groups is 1. The summed E-state index contributed by atoms with van der Waals surface area (Å²) in [7, 11) is 0. The van der Waals surface area contributed by atoms with Crippen molar-refractivity contribution in [2.75, 3.05) is 4.90 Å². The molecule has 5 nitrogen and oxygen atoms in total. The second-order valence-corrected chi connectivity index (χ2v) is 12.2. The van der Waals surface area contributed by atoms with Gasteiger partial charge in [-0.05, 0) is 38.1 Å². The highest BCUT2D eigenvalue weighted by molar-refractivity contribution is 6.56. The average molecular weight is 709 g/mol. The Labute approximate surface area is 273 Å². The predicted octanol–water partition coefficient (Wildman–Crippen LogP) is 10.3. The van der Waals surface area contributed by atoms with Gasteiger partial charge in [0.15, 0.2) is 34.8 Å². The van der Waals surface area contributed by atoms with Crippen LogP contribution in [0.2, 0.25) is 20.1 Å². The van der Waals surface area contributed by atoms with Crippen molar-refractivity contribution in [1.29, 1.82) is 0 Å². The minimum atomic E-state index is -2.48. The first kappa shape index (κ1) is 30.6. The van der Waals surface area contributed by atoms with Gasteiger partial charge in [0, 0.05) is 74.3 Å². The summed E-state index contributed by atoms with van der Waals surface area (Å²) in [4.78, 5) is 53.0. The van der Waals surface area contributed by atoms with Crippen molar-refractivity contribution in [3.63, 3.8) is 0 Å². The van der Waals surface area contributed by atoms with Gasteiger partial charge in [-0.2, -0.15) is 0 Å². The van der Waals surface area contributed by atoms with E-state index in [1.54, 1.807) is 0 Å². The number of carbonyl (C=O) groups excluding carboxylic acids is 4. The van der Waals surface area contributed by atoms with E-state index < -0.39 is 69.3 Å². The van der Waals surface area contributed by atoms with Crippen LogP contribution in [-0.4, -0.2) is 23.4 Å². The van der Waals surface area contributed by atoms with Crippen LogP contribution in [0.1, 0.15) is 55.3 Å². The first-order valence-electron chi connectivity index (χ1n) is 13.0. The smallest absolute Gasteiger partial charge is 0.266 e. The van der Waals surface area contributed by atoms with Crippen LogP contribution in [0.5, 0.6) is 0 Å². The number of hydrogen-bond acceptors (Lipinski definition) is 4. The Hall–Kier alpha value is -4.09. The van der Waals surface area contributed by atoms with Crippen molar-refractivity contribution in [2.45, 2.75) is 13.8 Å². The Morgan fingerprint density at radius 3 is 1.20 bits per heavy atom. The van der Waals surface area contributed by atoms with E-state index in [4.69, 9.17) is 46.4 Å². The molecule has 0 spiro atoms. The van der Waals surface area contributed by atoms with Gasteiger partial charge in [0.25, 0.3) is 11.8 Å². The number of Topliss-reactive ketones (excluding diaryl/α,β-unsaturated/α-hetero) is 2. The first-order chi connectivity index (χ1) is 21.6. The second kappa shape index (κ2) is 9.95. The molecular weight excluding hydrogens is 699 g/mol. The lowest BCUT2D eigenvalue weighted by molar-refractivity contribution is 0.0888. The summed E-state index contributed by atoms with van der Waals surface area (Å²) in [5.41, 5.74) is -2.47. The van der Waals surface area contributed by atoms with Gasteiger partial charge in [-0.1, -0.05) is 46.4 Å². The minimum Gasteiger partial charge on any atom is -0.294 e. The highest BCUT2D eigenvalue weighted by atomic mass is 35.5. The predicted molar refractivity (Wildman–Crippen MR) is 165 cm³/mol. The molecule has 0 bridgehead atoms. The van der Waals surface area contributed by atoms with Crippen molar-refractivity contribution >= 4 is 119 Å². The van der Waals surface area contributed by atoms with Gasteiger partial charge in [-0.15, -0.1) is 0 Å². The van der Waals surface area contributed by atoms with Crippen LogP contribution in [0, 0.1) is 29.1 Å². The number of halogens is 9. The van der Waals surface area contributed by atoms with E-state index in [2.05, 4.69) is 0 Å². The summed E-state index contributed by atoms with van der Waals surface area (Å²) in [6, 6.07) is 4.78. The van der Waals surface area contributed by atoms with Crippen LogP contribution in [0.25, 0.3) is 43.1 Å². The maximum absolute atomic E-state index is 14.9. The van der Waals surface area contributed by atoms with Crippen LogP contribution in [0.4, 0.5) is 27.6 Å². The maximum Gasteiger partial charge on any atom is 0.266 e. The molecule has 0 fully saturated rings. The molecule has 0 atom stereocenters. The summed E-state index contributed by atoms with van der Waals surface area (Å²) < 4.78 is 72.0. The van der Waals surface area contributed by atoms with Crippen LogP contribution >= 0.6 is 46.4 Å².